The molecule has 98 valence electrons. The van der Waals surface area contributed by atoms with Gasteiger partial charge in [0.15, 0.2) is 6.61 Å². The van der Waals surface area contributed by atoms with Crippen molar-refractivity contribution in [2.24, 2.45) is 0 Å². The number of ether oxygens (including phenoxy) is 1. The number of nitrogens with one attached hydrogen (secondary N) is 1. The Labute approximate surface area is 108 Å². The van der Waals surface area contributed by atoms with Gasteiger partial charge in [0.25, 0.3) is 5.91 Å². The number of hydrogen-bond acceptors (Lipinski definition) is 3. The third kappa shape index (κ3) is 3.01. The van der Waals surface area contributed by atoms with Gasteiger partial charge >= 0.3 is 0 Å². The number of nitrogens with zero attached hydrogens (tertiary/aromatic N) is 1. The molecular formula is C14H20N2O2. The van der Waals surface area contributed by atoms with E-state index in [0.29, 0.717) is 6.04 Å². The van der Waals surface area contributed by atoms with Crippen LogP contribution in [0.2, 0.25) is 0 Å². The van der Waals surface area contributed by atoms with Crippen molar-refractivity contribution in [2.75, 3.05) is 19.7 Å². The van der Waals surface area contributed by atoms with Gasteiger partial charge in [0.05, 0.1) is 0 Å². The first-order valence-corrected chi connectivity index (χ1v) is 6.39. The van der Waals surface area contributed by atoms with Gasteiger partial charge in [-0.3, -0.25) is 4.79 Å². The lowest BCUT2D eigenvalue weighted by Crippen LogP contribution is -2.58. The van der Waals surface area contributed by atoms with Crippen LogP contribution in [0.15, 0.2) is 30.3 Å². The van der Waals surface area contributed by atoms with Gasteiger partial charge < -0.3 is 15.0 Å². The Morgan fingerprint density at radius 1 is 1.39 bits per heavy atom. The van der Waals surface area contributed by atoms with E-state index < -0.39 is 0 Å². The van der Waals surface area contributed by atoms with Crippen LogP contribution in [0.4, 0.5) is 0 Å². The summed E-state index contributed by atoms with van der Waals surface area (Å²) in [6.07, 6.45) is 0. The Hall–Kier alpha value is -1.55. The average Bonchev–Trinajstić information content (AvgIpc) is 2.40. The summed E-state index contributed by atoms with van der Waals surface area (Å²) in [5.41, 5.74) is 0. The van der Waals surface area contributed by atoms with E-state index >= 15 is 0 Å². The highest BCUT2D eigenvalue weighted by Crippen LogP contribution is 2.11. The average molecular weight is 248 g/mol. The van der Waals surface area contributed by atoms with Crippen LogP contribution in [0.1, 0.15) is 13.8 Å². The maximum absolute atomic E-state index is 12.1. The fraction of sp³-hybridized carbons (Fsp3) is 0.500. The molecule has 0 aromatic heterocycles. The highest BCUT2D eigenvalue weighted by atomic mass is 16.5. The zero-order valence-electron chi connectivity index (χ0n) is 10.9. The van der Waals surface area contributed by atoms with E-state index in [0.717, 1.165) is 18.8 Å². The molecule has 0 bridgehead atoms. The summed E-state index contributed by atoms with van der Waals surface area (Å²) in [6.45, 7) is 5.88. The number of hydrogen-bond donors (Lipinski definition) is 1. The number of amides is 1. The number of carbonyl (C=O) groups is 1. The van der Waals surface area contributed by atoms with Crippen LogP contribution in [0, 0.1) is 0 Å². The molecule has 1 saturated heterocycles. The first kappa shape index (κ1) is 12.9. The summed E-state index contributed by atoms with van der Waals surface area (Å²) in [5.74, 6) is 0.793. The van der Waals surface area contributed by atoms with E-state index in [1.807, 2.05) is 35.2 Å². The first-order chi connectivity index (χ1) is 8.68. The van der Waals surface area contributed by atoms with E-state index in [-0.39, 0.29) is 18.6 Å². The number of piperazine rings is 1. The van der Waals surface area contributed by atoms with Crippen LogP contribution >= 0.6 is 0 Å². The van der Waals surface area contributed by atoms with Crippen molar-refractivity contribution in [3.63, 3.8) is 0 Å². The second kappa shape index (κ2) is 5.87. The van der Waals surface area contributed by atoms with E-state index in [2.05, 4.69) is 19.2 Å². The summed E-state index contributed by atoms with van der Waals surface area (Å²) in [4.78, 5) is 14.0. The molecule has 1 aliphatic heterocycles. The molecule has 2 rings (SSSR count). The van der Waals surface area contributed by atoms with Crippen molar-refractivity contribution >= 4 is 5.91 Å². The standard InChI is InChI=1S/C14H20N2O2/c1-11-12(2)16(9-8-15-11)14(17)10-18-13-6-4-3-5-7-13/h3-7,11-12,15H,8-10H2,1-2H3. The predicted octanol–water partition coefficient (Wildman–Crippen LogP) is 1.27. The molecule has 2 unspecified atom stereocenters. The second-order valence-corrected chi connectivity index (χ2v) is 4.67. The van der Waals surface area contributed by atoms with Crippen LogP contribution in [0.25, 0.3) is 0 Å². The summed E-state index contributed by atoms with van der Waals surface area (Å²) >= 11 is 0. The summed E-state index contributed by atoms with van der Waals surface area (Å²) in [5, 5.41) is 3.36. The Kier molecular flexibility index (Phi) is 4.20. The fourth-order valence-electron chi connectivity index (χ4n) is 2.15. The lowest BCUT2D eigenvalue weighted by atomic mass is 10.1. The molecule has 18 heavy (non-hydrogen) atoms. The van der Waals surface area contributed by atoms with Crippen LogP contribution < -0.4 is 10.1 Å². The van der Waals surface area contributed by atoms with E-state index in [1.54, 1.807) is 0 Å². The van der Waals surface area contributed by atoms with Gasteiger partial charge in [-0.2, -0.15) is 0 Å². The zero-order chi connectivity index (χ0) is 13.0. The van der Waals surface area contributed by atoms with Crippen molar-refractivity contribution in [1.82, 2.24) is 10.2 Å². The smallest absolute Gasteiger partial charge is 0.260 e. The fourth-order valence-corrected chi connectivity index (χ4v) is 2.15. The molecule has 1 aromatic rings. The molecule has 1 N–H and O–H groups in total. The zero-order valence-corrected chi connectivity index (χ0v) is 10.9. The lowest BCUT2D eigenvalue weighted by molar-refractivity contribution is -0.137. The molecule has 1 aliphatic rings. The Bertz CT molecular complexity index is 394. The van der Waals surface area contributed by atoms with Gasteiger partial charge in [-0.1, -0.05) is 18.2 Å². The summed E-state index contributed by atoms with van der Waals surface area (Å²) < 4.78 is 5.49. The van der Waals surface area contributed by atoms with Crippen LogP contribution in [0.3, 0.4) is 0 Å². The summed E-state index contributed by atoms with van der Waals surface area (Å²) in [6, 6.07) is 9.98. The van der Waals surface area contributed by atoms with Crippen molar-refractivity contribution in [3.05, 3.63) is 30.3 Å². The van der Waals surface area contributed by atoms with Crippen LogP contribution in [-0.2, 0) is 4.79 Å². The van der Waals surface area contributed by atoms with Gasteiger partial charge in [0.1, 0.15) is 5.75 Å². The molecule has 0 spiro atoms. The molecular weight excluding hydrogens is 228 g/mol. The number of para-hydroxylation sites is 1. The van der Waals surface area contributed by atoms with Gasteiger partial charge in [0, 0.05) is 25.2 Å². The second-order valence-electron chi connectivity index (χ2n) is 4.67. The number of carbonyl (C=O) groups excluding carboxylic acids is 1. The number of rotatable bonds is 3. The van der Waals surface area contributed by atoms with E-state index in [9.17, 15) is 4.79 Å². The highest BCUT2D eigenvalue weighted by Gasteiger charge is 2.27. The normalized spacial score (nSPS) is 23.8. The largest absolute Gasteiger partial charge is 0.484 e. The minimum absolute atomic E-state index is 0.0553. The molecule has 4 nitrogen and oxygen atoms in total. The van der Waals surface area contributed by atoms with Crippen molar-refractivity contribution in [3.8, 4) is 5.75 Å². The van der Waals surface area contributed by atoms with Gasteiger partial charge in [-0.15, -0.1) is 0 Å². The quantitative estimate of drug-likeness (QED) is 0.876. The third-order valence-electron chi connectivity index (χ3n) is 3.46. The molecule has 0 saturated carbocycles. The molecule has 0 aliphatic carbocycles. The van der Waals surface area contributed by atoms with E-state index in [4.69, 9.17) is 4.74 Å². The Morgan fingerprint density at radius 3 is 2.83 bits per heavy atom. The molecule has 1 aromatic carbocycles. The topological polar surface area (TPSA) is 41.6 Å². The SMILES string of the molecule is CC1NCCN(C(=O)COc2ccccc2)C1C. The van der Waals surface area contributed by atoms with Crippen LogP contribution in [-0.4, -0.2) is 42.6 Å². The van der Waals surface area contributed by atoms with Crippen LogP contribution in [0.5, 0.6) is 5.75 Å². The Morgan fingerprint density at radius 2 is 2.11 bits per heavy atom. The minimum Gasteiger partial charge on any atom is -0.484 e. The molecule has 2 atom stereocenters. The molecule has 1 heterocycles. The van der Waals surface area contributed by atoms with Gasteiger partial charge in [-0.05, 0) is 26.0 Å². The summed E-state index contributed by atoms with van der Waals surface area (Å²) in [7, 11) is 0. The van der Waals surface area contributed by atoms with Crippen molar-refractivity contribution in [1.29, 1.82) is 0 Å². The van der Waals surface area contributed by atoms with Crippen molar-refractivity contribution in [2.45, 2.75) is 25.9 Å². The maximum atomic E-state index is 12.1. The molecule has 1 fully saturated rings. The number of benzene rings is 1. The lowest BCUT2D eigenvalue weighted by Gasteiger charge is -2.38. The molecule has 1 amide bonds. The maximum Gasteiger partial charge on any atom is 0.260 e. The third-order valence-corrected chi connectivity index (χ3v) is 3.46. The Balaban J connectivity index is 1.88. The molecule has 4 heteroatoms. The van der Waals surface area contributed by atoms with Gasteiger partial charge in [0.2, 0.25) is 0 Å². The van der Waals surface area contributed by atoms with Crippen molar-refractivity contribution < 1.29 is 9.53 Å². The first-order valence-electron chi connectivity index (χ1n) is 6.39. The monoisotopic (exact) mass is 248 g/mol. The highest BCUT2D eigenvalue weighted by molar-refractivity contribution is 5.78. The molecule has 0 radical (unpaired) electrons. The van der Waals surface area contributed by atoms with Gasteiger partial charge in [-0.25, -0.2) is 0 Å². The van der Waals surface area contributed by atoms with E-state index in [1.165, 1.54) is 0 Å². The minimum atomic E-state index is 0.0553. The predicted molar refractivity (Wildman–Crippen MR) is 70.6 cm³/mol.